The van der Waals surface area contributed by atoms with Gasteiger partial charge in [-0.05, 0) is 40.0 Å². The summed E-state index contributed by atoms with van der Waals surface area (Å²) in [6, 6.07) is 0. The molecule has 0 unspecified atom stereocenters. The third kappa shape index (κ3) is 1.49. The number of aromatic nitrogens is 4. The van der Waals surface area contributed by atoms with Crippen molar-refractivity contribution in [2.45, 2.75) is 19.9 Å². The minimum atomic E-state index is 0.127. The van der Waals surface area contributed by atoms with Crippen molar-refractivity contribution >= 4 is 5.91 Å². The van der Waals surface area contributed by atoms with Crippen molar-refractivity contribution < 1.29 is 4.79 Å². The molecule has 0 radical (unpaired) electrons. The van der Waals surface area contributed by atoms with E-state index in [0.29, 0.717) is 17.8 Å². The summed E-state index contributed by atoms with van der Waals surface area (Å²) in [6.07, 6.45) is 7.49. The number of carbonyl (C=O) groups excluding carboxylic acids is 1. The van der Waals surface area contributed by atoms with Crippen LogP contribution in [-0.2, 0) is 11.3 Å². The standard InChI is InChI=1S/C13H17N5O/c1-13-7-17(12(19)6-18-8-14-15-16-18)5-11(13)9-2-3-10(13)4-9/h2-3,8-11H,4-7H2,1H3/t9-,10+,11+,13+/m1/s1. The van der Waals surface area contributed by atoms with Crippen LogP contribution in [0.25, 0.3) is 0 Å². The quantitative estimate of drug-likeness (QED) is 0.719. The first-order valence-corrected chi connectivity index (χ1v) is 6.84. The Hall–Kier alpha value is -1.72. The number of carbonyl (C=O) groups is 1. The molecule has 1 aromatic rings. The van der Waals surface area contributed by atoms with Gasteiger partial charge >= 0.3 is 0 Å². The van der Waals surface area contributed by atoms with Crippen LogP contribution in [0.4, 0.5) is 0 Å². The van der Waals surface area contributed by atoms with Gasteiger partial charge in [-0.3, -0.25) is 4.79 Å². The molecule has 0 spiro atoms. The summed E-state index contributed by atoms with van der Waals surface area (Å²) >= 11 is 0. The van der Waals surface area contributed by atoms with E-state index >= 15 is 0 Å². The van der Waals surface area contributed by atoms with Gasteiger partial charge in [0.15, 0.2) is 0 Å². The van der Waals surface area contributed by atoms with Crippen molar-refractivity contribution in [3.05, 3.63) is 18.5 Å². The molecule has 2 heterocycles. The summed E-state index contributed by atoms with van der Waals surface area (Å²) in [6.45, 7) is 4.36. The summed E-state index contributed by atoms with van der Waals surface area (Å²) in [5.74, 6) is 2.11. The van der Waals surface area contributed by atoms with Gasteiger partial charge in [0.05, 0.1) is 0 Å². The topological polar surface area (TPSA) is 63.9 Å². The molecule has 0 aromatic carbocycles. The molecule has 2 fully saturated rings. The molecule has 1 saturated heterocycles. The Morgan fingerprint density at radius 2 is 2.37 bits per heavy atom. The molecule has 4 atom stereocenters. The lowest BCUT2D eigenvalue weighted by molar-refractivity contribution is -0.131. The van der Waals surface area contributed by atoms with Gasteiger partial charge in [-0.15, -0.1) is 5.10 Å². The van der Waals surface area contributed by atoms with Gasteiger partial charge in [-0.25, -0.2) is 4.68 Å². The molecular weight excluding hydrogens is 242 g/mol. The second-order valence-corrected chi connectivity index (χ2v) is 6.28. The molecule has 100 valence electrons. The second-order valence-electron chi connectivity index (χ2n) is 6.28. The average Bonchev–Trinajstić information content (AvgIpc) is 3.08. The fourth-order valence-electron chi connectivity index (χ4n) is 4.25. The highest BCUT2D eigenvalue weighted by atomic mass is 16.2. The van der Waals surface area contributed by atoms with Crippen molar-refractivity contribution in [2.24, 2.45) is 23.2 Å². The van der Waals surface area contributed by atoms with Crippen LogP contribution in [0.1, 0.15) is 13.3 Å². The summed E-state index contributed by atoms with van der Waals surface area (Å²) in [4.78, 5) is 14.3. The summed E-state index contributed by atoms with van der Waals surface area (Å²) in [7, 11) is 0. The molecular formula is C13H17N5O. The van der Waals surface area contributed by atoms with E-state index in [1.165, 1.54) is 17.4 Å². The lowest BCUT2D eigenvalue weighted by atomic mass is 9.72. The van der Waals surface area contributed by atoms with Crippen LogP contribution < -0.4 is 0 Å². The van der Waals surface area contributed by atoms with Gasteiger partial charge in [-0.2, -0.15) is 0 Å². The summed E-state index contributed by atoms with van der Waals surface area (Å²) < 4.78 is 1.49. The van der Waals surface area contributed by atoms with Gasteiger partial charge in [0, 0.05) is 13.1 Å². The molecule has 4 rings (SSSR count). The van der Waals surface area contributed by atoms with Crippen LogP contribution in [0.2, 0.25) is 0 Å². The van der Waals surface area contributed by atoms with Crippen LogP contribution in [0.15, 0.2) is 18.5 Å². The van der Waals surface area contributed by atoms with Crippen LogP contribution in [0.5, 0.6) is 0 Å². The average molecular weight is 259 g/mol. The zero-order chi connectivity index (χ0) is 13.0. The van der Waals surface area contributed by atoms with Crippen LogP contribution in [0, 0.1) is 23.2 Å². The smallest absolute Gasteiger partial charge is 0.244 e. The minimum absolute atomic E-state index is 0.127. The maximum Gasteiger partial charge on any atom is 0.244 e. The first-order valence-electron chi connectivity index (χ1n) is 6.84. The number of fused-ring (bicyclic) bond motifs is 5. The SMILES string of the molecule is C[C@@]12CN(C(=O)Cn3cnnn3)C[C@H]1[C@@H]1C=C[C@H]2C1. The number of allylic oxidation sites excluding steroid dienone is 2. The molecule has 6 heteroatoms. The molecule has 6 nitrogen and oxygen atoms in total. The molecule has 3 aliphatic rings. The summed E-state index contributed by atoms with van der Waals surface area (Å²) in [5, 5.41) is 10.9. The molecule has 2 bridgehead atoms. The number of rotatable bonds is 2. The zero-order valence-electron chi connectivity index (χ0n) is 10.9. The summed E-state index contributed by atoms with van der Waals surface area (Å²) in [5.41, 5.74) is 0.287. The fraction of sp³-hybridized carbons (Fsp3) is 0.692. The zero-order valence-corrected chi connectivity index (χ0v) is 10.9. The Balaban J connectivity index is 1.50. The Kier molecular flexibility index (Phi) is 2.14. The molecule has 1 aliphatic heterocycles. The molecule has 2 aliphatic carbocycles. The van der Waals surface area contributed by atoms with E-state index in [9.17, 15) is 4.79 Å². The van der Waals surface area contributed by atoms with E-state index in [2.05, 4.69) is 34.6 Å². The monoisotopic (exact) mass is 259 g/mol. The highest BCUT2D eigenvalue weighted by Crippen LogP contribution is 2.59. The molecule has 1 amide bonds. The second kappa shape index (κ2) is 3.65. The van der Waals surface area contributed by atoms with E-state index in [1.807, 2.05) is 4.90 Å². The van der Waals surface area contributed by atoms with E-state index in [-0.39, 0.29) is 17.9 Å². The maximum absolute atomic E-state index is 12.3. The third-order valence-electron chi connectivity index (χ3n) is 5.32. The molecule has 19 heavy (non-hydrogen) atoms. The highest BCUT2D eigenvalue weighted by molar-refractivity contribution is 5.76. The maximum atomic E-state index is 12.3. The lowest BCUT2D eigenvalue weighted by Gasteiger charge is -2.31. The van der Waals surface area contributed by atoms with Gasteiger partial charge < -0.3 is 4.90 Å². The van der Waals surface area contributed by atoms with Gasteiger partial charge in [0.25, 0.3) is 0 Å². The van der Waals surface area contributed by atoms with Crippen LogP contribution >= 0.6 is 0 Å². The van der Waals surface area contributed by atoms with Crippen molar-refractivity contribution in [3.8, 4) is 0 Å². The number of tetrazole rings is 1. The first kappa shape index (κ1) is 11.1. The van der Waals surface area contributed by atoms with E-state index in [0.717, 1.165) is 13.1 Å². The number of amides is 1. The minimum Gasteiger partial charge on any atom is -0.340 e. The van der Waals surface area contributed by atoms with E-state index in [4.69, 9.17) is 0 Å². The first-order chi connectivity index (χ1) is 9.17. The number of nitrogens with zero attached hydrogens (tertiary/aromatic N) is 5. The Labute approximate surface area is 111 Å². The number of hydrogen-bond donors (Lipinski definition) is 0. The van der Waals surface area contributed by atoms with Crippen molar-refractivity contribution in [1.29, 1.82) is 0 Å². The highest BCUT2D eigenvalue weighted by Gasteiger charge is 2.57. The van der Waals surface area contributed by atoms with Gasteiger partial charge in [0.2, 0.25) is 5.91 Å². The third-order valence-corrected chi connectivity index (χ3v) is 5.32. The molecule has 1 aromatic heterocycles. The van der Waals surface area contributed by atoms with E-state index in [1.54, 1.807) is 0 Å². The van der Waals surface area contributed by atoms with Crippen molar-refractivity contribution in [3.63, 3.8) is 0 Å². The van der Waals surface area contributed by atoms with Crippen LogP contribution in [-0.4, -0.2) is 44.1 Å². The van der Waals surface area contributed by atoms with Gasteiger partial charge in [0.1, 0.15) is 12.9 Å². The van der Waals surface area contributed by atoms with Gasteiger partial charge in [-0.1, -0.05) is 19.1 Å². The van der Waals surface area contributed by atoms with Crippen LogP contribution in [0.3, 0.4) is 0 Å². The predicted octanol–water partition coefficient (Wildman–Crippen LogP) is 0.344. The lowest BCUT2D eigenvalue weighted by Crippen LogP contribution is -2.35. The normalized spacial score (nSPS) is 39.0. The molecule has 0 N–H and O–H groups in total. The van der Waals surface area contributed by atoms with E-state index < -0.39 is 0 Å². The van der Waals surface area contributed by atoms with Crippen molar-refractivity contribution in [1.82, 2.24) is 25.1 Å². The largest absolute Gasteiger partial charge is 0.340 e. The fourth-order valence-corrected chi connectivity index (χ4v) is 4.25. The van der Waals surface area contributed by atoms with Crippen molar-refractivity contribution in [2.75, 3.05) is 13.1 Å². The number of likely N-dealkylation sites (tertiary alicyclic amines) is 1. The predicted molar refractivity (Wildman–Crippen MR) is 66.7 cm³/mol. The Morgan fingerprint density at radius 3 is 3.11 bits per heavy atom. The Bertz CT molecular complexity index is 539. The molecule has 1 saturated carbocycles. The Morgan fingerprint density at radius 1 is 1.47 bits per heavy atom. The number of hydrogen-bond acceptors (Lipinski definition) is 4.